The number of aryl methyl sites for hydroxylation is 1. The molecule has 0 spiro atoms. The maximum atomic E-state index is 11.0. The van der Waals surface area contributed by atoms with Crippen LogP contribution >= 0.6 is 0 Å². The van der Waals surface area contributed by atoms with Crippen molar-refractivity contribution in [2.75, 3.05) is 6.61 Å². The lowest BCUT2D eigenvalue weighted by Gasteiger charge is -2.25. The average molecular weight is 274 g/mol. The van der Waals surface area contributed by atoms with Gasteiger partial charge in [0.05, 0.1) is 6.61 Å². The number of ether oxygens (including phenoxy) is 1. The Hall–Kier alpha value is -1.77. The quantitative estimate of drug-likeness (QED) is 0.789. The first kappa shape index (κ1) is 14.6. The van der Waals surface area contributed by atoms with Gasteiger partial charge in [0.25, 0.3) is 0 Å². The van der Waals surface area contributed by atoms with E-state index in [9.17, 15) is 4.79 Å². The third kappa shape index (κ3) is 3.03. The molecule has 0 amide bonds. The Labute approximate surface area is 120 Å². The maximum Gasteiger partial charge on any atom is 0.328 e. The van der Waals surface area contributed by atoms with E-state index in [1.165, 1.54) is 6.08 Å². The Balaban J connectivity index is 2.69. The van der Waals surface area contributed by atoms with Gasteiger partial charge >= 0.3 is 5.97 Å². The first-order chi connectivity index (χ1) is 9.29. The Bertz CT molecular complexity index is 562. The van der Waals surface area contributed by atoms with Gasteiger partial charge in [0.2, 0.25) is 0 Å². The summed E-state index contributed by atoms with van der Waals surface area (Å²) in [6, 6.07) is 4.17. The van der Waals surface area contributed by atoms with Crippen LogP contribution in [0.25, 0.3) is 5.57 Å². The second kappa shape index (κ2) is 5.31. The minimum Gasteiger partial charge on any atom is -0.493 e. The van der Waals surface area contributed by atoms with Crippen molar-refractivity contribution in [2.24, 2.45) is 0 Å². The zero-order chi connectivity index (χ0) is 14.9. The topological polar surface area (TPSA) is 46.5 Å². The van der Waals surface area contributed by atoms with Gasteiger partial charge in [0.1, 0.15) is 5.75 Å². The fourth-order valence-electron chi connectivity index (χ4n) is 2.59. The lowest BCUT2D eigenvalue weighted by Crippen LogP contribution is -2.14. The fourth-order valence-corrected chi connectivity index (χ4v) is 2.59. The SMILES string of the molecule is Cc1cc2c(c(C(C)(C)C)c1)OCCC/C2=C\C(=O)O. The normalized spacial score (nSPS) is 17.3. The molecule has 108 valence electrons. The molecule has 1 aromatic carbocycles. The largest absolute Gasteiger partial charge is 0.493 e. The highest BCUT2D eigenvalue weighted by molar-refractivity contribution is 5.91. The van der Waals surface area contributed by atoms with Crippen LogP contribution in [0.15, 0.2) is 18.2 Å². The van der Waals surface area contributed by atoms with E-state index in [0.717, 1.165) is 40.9 Å². The van der Waals surface area contributed by atoms with Crippen molar-refractivity contribution in [2.45, 2.75) is 46.0 Å². The number of allylic oxidation sites excluding steroid dienone is 1. The molecular formula is C17H22O3. The van der Waals surface area contributed by atoms with E-state index in [4.69, 9.17) is 9.84 Å². The van der Waals surface area contributed by atoms with Crippen molar-refractivity contribution >= 4 is 11.5 Å². The Kier molecular flexibility index (Phi) is 3.89. The van der Waals surface area contributed by atoms with Crippen molar-refractivity contribution in [1.29, 1.82) is 0 Å². The molecule has 3 heteroatoms. The summed E-state index contributed by atoms with van der Waals surface area (Å²) in [5, 5.41) is 9.06. The summed E-state index contributed by atoms with van der Waals surface area (Å²) in [6.45, 7) is 9.12. The molecule has 20 heavy (non-hydrogen) atoms. The average Bonchev–Trinajstić information content (AvgIpc) is 2.49. The van der Waals surface area contributed by atoms with Crippen molar-refractivity contribution in [1.82, 2.24) is 0 Å². The van der Waals surface area contributed by atoms with Gasteiger partial charge in [0, 0.05) is 17.2 Å². The number of carboxylic acids is 1. The highest BCUT2D eigenvalue weighted by Crippen LogP contribution is 2.41. The molecule has 0 aliphatic carbocycles. The second-order valence-corrected chi connectivity index (χ2v) is 6.40. The van der Waals surface area contributed by atoms with Crippen LogP contribution in [0.4, 0.5) is 0 Å². The summed E-state index contributed by atoms with van der Waals surface area (Å²) < 4.78 is 5.94. The van der Waals surface area contributed by atoms with E-state index < -0.39 is 5.97 Å². The van der Waals surface area contributed by atoms with Gasteiger partial charge in [-0.2, -0.15) is 0 Å². The summed E-state index contributed by atoms with van der Waals surface area (Å²) >= 11 is 0. The number of rotatable bonds is 1. The number of benzene rings is 1. The predicted octanol–water partition coefficient (Wildman–Crippen LogP) is 3.93. The third-order valence-electron chi connectivity index (χ3n) is 3.52. The minimum atomic E-state index is -0.897. The summed E-state index contributed by atoms with van der Waals surface area (Å²) in [6.07, 6.45) is 2.90. The van der Waals surface area contributed by atoms with E-state index in [1.807, 2.05) is 13.0 Å². The van der Waals surface area contributed by atoms with Crippen LogP contribution in [0.5, 0.6) is 5.75 Å². The van der Waals surface area contributed by atoms with E-state index in [0.29, 0.717) is 6.61 Å². The summed E-state index contributed by atoms with van der Waals surface area (Å²) in [5.41, 5.74) is 4.05. The van der Waals surface area contributed by atoms with Crippen LogP contribution in [0.3, 0.4) is 0 Å². The number of hydrogen-bond donors (Lipinski definition) is 1. The molecule has 0 atom stereocenters. The monoisotopic (exact) mass is 274 g/mol. The van der Waals surface area contributed by atoms with Crippen LogP contribution in [0.1, 0.15) is 50.3 Å². The number of aliphatic carboxylic acids is 1. The number of carboxylic acid groups (broad SMARTS) is 1. The Morgan fingerprint density at radius 3 is 2.65 bits per heavy atom. The second-order valence-electron chi connectivity index (χ2n) is 6.40. The lowest BCUT2D eigenvalue weighted by molar-refractivity contribution is -0.131. The fraction of sp³-hybridized carbons (Fsp3) is 0.471. The third-order valence-corrected chi connectivity index (χ3v) is 3.52. The smallest absolute Gasteiger partial charge is 0.328 e. The molecule has 1 heterocycles. The number of carbonyl (C=O) groups is 1. The summed E-state index contributed by atoms with van der Waals surface area (Å²) in [5.74, 6) is -0.0419. The molecule has 0 unspecified atom stereocenters. The zero-order valence-corrected chi connectivity index (χ0v) is 12.6. The molecule has 1 aliphatic heterocycles. The van der Waals surface area contributed by atoms with Crippen LogP contribution in [0, 0.1) is 6.92 Å². The molecule has 3 nitrogen and oxygen atoms in total. The summed E-state index contributed by atoms with van der Waals surface area (Å²) in [4.78, 5) is 11.0. The zero-order valence-electron chi connectivity index (χ0n) is 12.6. The van der Waals surface area contributed by atoms with E-state index >= 15 is 0 Å². The number of hydrogen-bond acceptors (Lipinski definition) is 2. The van der Waals surface area contributed by atoms with Gasteiger partial charge in [-0.25, -0.2) is 4.79 Å². The Morgan fingerprint density at radius 1 is 1.35 bits per heavy atom. The molecule has 0 saturated carbocycles. The molecule has 1 aliphatic rings. The van der Waals surface area contributed by atoms with Gasteiger partial charge in [0.15, 0.2) is 0 Å². The predicted molar refractivity (Wildman–Crippen MR) is 80.2 cm³/mol. The molecule has 0 radical (unpaired) electrons. The maximum absolute atomic E-state index is 11.0. The van der Waals surface area contributed by atoms with Gasteiger partial charge in [-0.1, -0.05) is 26.8 Å². The molecule has 0 bridgehead atoms. The van der Waals surface area contributed by atoms with E-state index in [2.05, 4.69) is 26.8 Å². The van der Waals surface area contributed by atoms with E-state index in [1.54, 1.807) is 0 Å². The summed E-state index contributed by atoms with van der Waals surface area (Å²) in [7, 11) is 0. The molecule has 0 aromatic heterocycles. The molecular weight excluding hydrogens is 252 g/mol. The van der Waals surface area contributed by atoms with Gasteiger partial charge in [-0.15, -0.1) is 0 Å². The molecule has 0 fully saturated rings. The first-order valence-electron chi connectivity index (χ1n) is 7.01. The molecule has 2 rings (SSSR count). The highest BCUT2D eigenvalue weighted by atomic mass is 16.5. The molecule has 0 saturated heterocycles. The number of fused-ring (bicyclic) bond motifs is 1. The van der Waals surface area contributed by atoms with Gasteiger partial charge in [-0.05, 0) is 42.4 Å². The highest BCUT2D eigenvalue weighted by Gasteiger charge is 2.25. The van der Waals surface area contributed by atoms with Crippen molar-refractivity contribution < 1.29 is 14.6 Å². The molecule has 1 aromatic rings. The van der Waals surface area contributed by atoms with Gasteiger partial charge < -0.3 is 9.84 Å². The van der Waals surface area contributed by atoms with E-state index in [-0.39, 0.29) is 5.41 Å². The first-order valence-corrected chi connectivity index (χ1v) is 7.01. The van der Waals surface area contributed by atoms with Crippen molar-refractivity contribution in [3.05, 3.63) is 34.9 Å². The minimum absolute atomic E-state index is 0.0330. The lowest BCUT2D eigenvalue weighted by atomic mass is 9.83. The van der Waals surface area contributed by atoms with Crippen molar-refractivity contribution in [3.8, 4) is 5.75 Å². The van der Waals surface area contributed by atoms with Gasteiger partial charge in [-0.3, -0.25) is 0 Å². The molecule has 1 N–H and O–H groups in total. The standard InChI is InChI=1S/C17H22O3/c1-11-8-13-12(10-15(18)19)6-5-7-20-16(13)14(9-11)17(2,3)4/h8-10H,5-7H2,1-4H3,(H,18,19)/b12-10+. The Morgan fingerprint density at radius 2 is 2.05 bits per heavy atom. The van der Waals surface area contributed by atoms with Crippen LogP contribution < -0.4 is 4.74 Å². The van der Waals surface area contributed by atoms with Crippen LogP contribution in [-0.4, -0.2) is 17.7 Å². The van der Waals surface area contributed by atoms with Crippen LogP contribution in [0.2, 0.25) is 0 Å². The van der Waals surface area contributed by atoms with Crippen molar-refractivity contribution in [3.63, 3.8) is 0 Å². The van der Waals surface area contributed by atoms with Crippen LogP contribution in [-0.2, 0) is 10.2 Å².